The van der Waals surface area contributed by atoms with E-state index in [1.54, 1.807) is 12.1 Å². The topological polar surface area (TPSA) is 87.6 Å². The molecule has 6 nitrogen and oxygen atoms in total. The Morgan fingerprint density at radius 3 is 2.58 bits per heavy atom. The fraction of sp³-hybridized carbons (Fsp3) is 0.500. The number of aryl methyl sites for hydroxylation is 1. The summed E-state index contributed by atoms with van der Waals surface area (Å²) >= 11 is 0. The lowest BCUT2D eigenvalue weighted by atomic mass is 10.1. The van der Waals surface area contributed by atoms with Gasteiger partial charge in [-0.15, -0.1) is 4.91 Å². The van der Waals surface area contributed by atoms with E-state index in [1.807, 2.05) is 13.0 Å². The highest BCUT2D eigenvalue weighted by atomic mass is 32.2. The third-order valence-corrected chi connectivity index (χ3v) is 3.24. The summed E-state index contributed by atoms with van der Waals surface area (Å²) in [6.45, 7) is 2.83. The molecular formula is C12H19N3O3S. The average molecular weight is 285 g/mol. The Labute approximate surface area is 113 Å². The van der Waals surface area contributed by atoms with E-state index in [9.17, 15) is 13.3 Å². The van der Waals surface area contributed by atoms with Gasteiger partial charge in [0.1, 0.15) is 5.69 Å². The van der Waals surface area contributed by atoms with Crippen molar-refractivity contribution in [1.82, 2.24) is 4.72 Å². The van der Waals surface area contributed by atoms with Crippen LogP contribution < -0.4 is 10.0 Å². The molecule has 0 aliphatic rings. The zero-order valence-electron chi connectivity index (χ0n) is 11.1. The largest absolute Gasteiger partial charge is 0.384 e. The van der Waals surface area contributed by atoms with Crippen LogP contribution in [0.15, 0.2) is 23.4 Å². The van der Waals surface area contributed by atoms with Gasteiger partial charge in [0, 0.05) is 18.8 Å². The van der Waals surface area contributed by atoms with E-state index in [-0.39, 0.29) is 0 Å². The number of anilines is 1. The monoisotopic (exact) mass is 285 g/mol. The van der Waals surface area contributed by atoms with Crippen LogP contribution in [-0.2, 0) is 16.4 Å². The Bertz CT molecular complexity index is 529. The van der Waals surface area contributed by atoms with Gasteiger partial charge in [0.05, 0.1) is 6.26 Å². The molecule has 0 unspecified atom stereocenters. The molecule has 19 heavy (non-hydrogen) atoms. The first-order valence-corrected chi connectivity index (χ1v) is 8.00. The molecule has 1 aromatic rings. The lowest BCUT2D eigenvalue weighted by Gasteiger charge is -2.09. The fourth-order valence-corrected chi connectivity index (χ4v) is 2.17. The van der Waals surface area contributed by atoms with Crippen molar-refractivity contribution in [2.45, 2.75) is 19.8 Å². The number of rotatable bonds is 8. The summed E-state index contributed by atoms with van der Waals surface area (Å²) in [5.74, 6) is 0. The van der Waals surface area contributed by atoms with Crippen molar-refractivity contribution in [3.63, 3.8) is 0 Å². The van der Waals surface area contributed by atoms with Gasteiger partial charge in [-0.3, -0.25) is 0 Å². The summed E-state index contributed by atoms with van der Waals surface area (Å²) in [5, 5.41) is 6.09. The van der Waals surface area contributed by atoms with Gasteiger partial charge in [0.2, 0.25) is 10.0 Å². The molecule has 0 saturated heterocycles. The Morgan fingerprint density at radius 1 is 1.26 bits per heavy atom. The number of nitrogens with zero attached hydrogens (tertiary/aromatic N) is 1. The van der Waals surface area contributed by atoms with Crippen molar-refractivity contribution in [2.24, 2.45) is 5.18 Å². The molecule has 0 spiro atoms. The third-order valence-electron chi connectivity index (χ3n) is 2.52. The Hall–Kier alpha value is -1.47. The Morgan fingerprint density at radius 2 is 2.00 bits per heavy atom. The molecule has 1 aromatic carbocycles. The second-order valence-electron chi connectivity index (χ2n) is 4.28. The molecule has 1 rings (SSSR count). The average Bonchev–Trinajstić information content (AvgIpc) is 2.34. The lowest BCUT2D eigenvalue weighted by Crippen LogP contribution is -2.27. The van der Waals surface area contributed by atoms with E-state index in [1.165, 1.54) is 0 Å². The molecule has 106 valence electrons. The highest BCUT2D eigenvalue weighted by Crippen LogP contribution is 2.24. The van der Waals surface area contributed by atoms with Crippen molar-refractivity contribution < 1.29 is 8.42 Å². The molecule has 0 aromatic heterocycles. The lowest BCUT2D eigenvalue weighted by molar-refractivity contribution is 0.589. The van der Waals surface area contributed by atoms with E-state index < -0.39 is 10.0 Å². The molecule has 0 radical (unpaired) electrons. The van der Waals surface area contributed by atoms with E-state index in [0.29, 0.717) is 18.8 Å². The zero-order valence-corrected chi connectivity index (χ0v) is 12.0. The van der Waals surface area contributed by atoms with Crippen molar-refractivity contribution >= 4 is 21.4 Å². The van der Waals surface area contributed by atoms with Crippen LogP contribution in [0.3, 0.4) is 0 Å². The quantitative estimate of drug-likeness (QED) is 0.565. The maximum absolute atomic E-state index is 10.9. The number of sulfonamides is 1. The number of hydrogen-bond acceptors (Lipinski definition) is 5. The number of hydrogen-bond donors (Lipinski definition) is 2. The fourth-order valence-electron chi connectivity index (χ4n) is 1.70. The summed E-state index contributed by atoms with van der Waals surface area (Å²) in [4.78, 5) is 10.6. The van der Waals surface area contributed by atoms with Gasteiger partial charge in [-0.2, -0.15) is 0 Å². The molecule has 0 aliphatic heterocycles. The van der Waals surface area contributed by atoms with Crippen LogP contribution in [-0.4, -0.2) is 27.8 Å². The summed E-state index contributed by atoms with van der Waals surface area (Å²) in [5.41, 5.74) is 2.21. The molecule has 2 N–H and O–H groups in total. The Balaban J connectivity index is 2.59. The standard InChI is InChI=1S/C12H19N3O3S/c1-3-4-10-9-11(5-6-12(10)15-16)13-7-8-14-19(2,17)18/h5-6,9,13-14H,3-4,7-8H2,1-2H3. The van der Waals surface area contributed by atoms with Gasteiger partial charge >= 0.3 is 0 Å². The number of nitroso groups, excluding NO2 is 1. The van der Waals surface area contributed by atoms with Gasteiger partial charge in [0.15, 0.2) is 0 Å². The molecule has 0 fully saturated rings. The second-order valence-corrected chi connectivity index (χ2v) is 6.11. The Kier molecular flexibility index (Phi) is 5.91. The van der Waals surface area contributed by atoms with Gasteiger partial charge in [-0.1, -0.05) is 13.3 Å². The molecule has 0 aliphatic carbocycles. The number of benzene rings is 1. The van der Waals surface area contributed by atoms with Crippen LogP contribution in [0.4, 0.5) is 11.4 Å². The first kappa shape index (κ1) is 15.6. The van der Waals surface area contributed by atoms with Gasteiger partial charge in [-0.05, 0) is 35.4 Å². The summed E-state index contributed by atoms with van der Waals surface area (Å²) in [6.07, 6.45) is 2.84. The first-order chi connectivity index (χ1) is 8.96. The zero-order chi connectivity index (χ0) is 14.3. The van der Waals surface area contributed by atoms with E-state index >= 15 is 0 Å². The molecule has 0 atom stereocenters. The van der Waals surface area contributed by atoms with E-state index in [2.05, 4.69) is 15.2 Å². The summed E-state index contributed by atoms with van der Waals surface area (Å²) < 4.78 is 24.2. The summed E-state index contributed by atoms with van der Waals surface area (Å²) in [6, 6.07) is 5.31. The van der Waals surface area contributed by atoms with Crippen LogP contribution >= 0.6 is 0 Å². The van der Waals surface area contributed by atoms with Crippen molar-refractivity contribution in [3.8, 4) is 0 Å². The van der Waals surface area contributed by atoms with Gasteiger partial charge < -0.3 is 5.32 Å². The highest BCUT2D eigenvalue weighted by molar-refractivity contribution is 7.88. The molecular weight excluding hydrogens is 266 g/mol. The number of nitrogens with one attached hydrogen (secondary N) is 2. The SMILES string of the molecule is CCCc1cc(NCCNS(C)(=O)=O)ccc1N=O. The maximum atomic E-state index is 10.9. The second kappa shape index (κ2) is 7.20. The minimum Gasteiger partial charge on any atom is -0.384 e. The van der Waals surface area contributed by atoms with Crippen molar-refractivity contribution in [2.75, 3.05) is 24.7 Å². The third kappa shape index (κ3) is 5.80. The van der Waals surface area contributed by atoms with Crippen LogP contribution in [0.2, 0.25) is 0 Å². The van der Waals surface area contributed by atoms with E-state index in [4.69, 9.17) is 0 Å². The van der Waals surface area contributed by atoms with Crippen LogP contribution in [0, 0.1) is 4.91 Å². The highest BCUT2D eigenvalue weighted by Gasteiger charge is 2.04. The van der Waals surface area contributed by atoms with Gasteiger partial charge in [-0.25, -0.2) is 13.1 Å². The molecule has 0 heterocycles. The predicted molar refractivity (Wildman–Crippen MR) is 77.2 cm³/mol. The maximum Gasteiger partial charge on any atom is 0.208 e. The van der Waals surface area contributed by atoms with Crippen LogP contribution in [0.5, 0.6) is 0 Å². The molecule has 0 saturated carbocycles. The molecule has 7 heteroatoms. The smallest absolute Gasteiger partial charge is 0.208 e. The van der Waals surface area contributed by atoms with Crippen molar-refractivity contribution in [3.05, 3.63) is 28.7 Å². The van der Waals surface area contributed by atoms with Crippen LogP contribution in [0.1, 0.15) is 18.9 Å². The first-order valence-electron chi connectivity index (χ1n) is 6.11. The van der Waals surface area contributed by atoms with Crippen LogP contribution in [0.25, 0.3) is 0 Å². The predicted octanol–water partition coefficient (Wildman–Crippen LogP) is 2.00. The minimum absolute atomic E-state index is 0.315. The molecule has 0 bridgehead atoms. The van der Waals surface area contributed by atoms with Gasteiger partial charge in [0.25, 0.3) is 0 Å². The van der Waals surface area contributed by atoms with Crippen molar-refractivity contribution in [1.29, 1.82) is 0 Å². The minimum atomic E-state index is -3.15. The van der Waals surface area contributed by atoms with E-state index in [0.717, 1.165) is 30.3 Å². The normalized spacial score (nSPS) is 11.3. The molecule has 0 amide bonds. The summed E-state index contributed by atoms with van der Waals surface area (Å²) in [7, 11) is -3.15.